The lowest BCUT2D eigenvalue weighted by Gasteiger charge is -2.34. The molecule has 1 aromatic rings. The average molecular weight is 377 g/mol. The second kappa shape index (κ2) is 12.6. The predicted octanol–water partition coefficient (Wildman–Crippen LogP) is 2.64. The predicted molar refractivity (Wildman–Crippen MR) is 105 cm³/mol. The highest BCUT2D eigenvalue weighted by atomic mass is 35.5. The molecule has 1 saturated heterocycles. The van der Waals surface area contributed by atoms with Crippen molar-refractivity contribution in [1.29, 1.82) is 0 Å². The second-order valence-electron chi connectivity index (χ2n) is 5.80. The number of ether oxygens (including phenoxy) is 1. The summed E-state index contributed by atoms with van der Waals surface area (Å²) in [5.74, 6) is 0.845. The number of rotatable bonds is 8. The number of piperazine rings is 1. The Balaban J connectivity index is 0.00000264. The summed E-state index contributed by atoms with van der Waals surface area (Å²) in [4.78, 5) is 4.75. The number of likely N-dealkylation sites (N-methyl/N-ethyl adjacent to an activating group) is 1. The standard InChI is InChI=1S/C18H28N2O2.2ClH/c1-3-7-16-8-5-6-9-18(16)22-15-17(21)14-20-12-10-19(4-2)11-13-20;;/h3,5-6,8-9,17,21H,1,4,7,10-15H2,2H3;2*1H. The number of allylic oxidation sites excluding steroid dienone is 1. The molecular formula is C18H30Cl2N2O2. The van der Waals surface area contributed by atoms with Gasteiger partial charge in [-0.15, -0.1) is 31.4 Å². The van der Waals surface area contributed by atoms with Crippen LogP contribution in [0.1, 0.15) is 12.5 Å². The summed E-state index contributed by atoms with van der Waals surface area (Å²) in [6.45, 7) is 12.3. The van der Waals surface area contributed by atoms with Crippen LogP contribution >= 0.6 is 24.8 Å². The molecule has 0 aromatic heterocycles. The van der Waals surface area contributed by atoms with Crippen LogP contribution in [-0.2, 0) is 6.42 Å². The van der Waals surface area contributed by atoms with Crippen molar-refractivity contribution in [2.24, 2.45) is 0 Å². The van der Waals surface area contributed by atoms with E-state index in [1.165, 1.54) is 0 Å². The minimum absolute atomic E-state index is 0. The zero-order chi connectivity index (χ0) is 15.8. The van der Waals surface area contributed by atoms with Crippen molar-refractivity contribution >= 4 is 24.8 Å². The van der Waals surface area contributed by atoms with Crippen molar-refractivity contribution in [2.45, 2.75) is 19.4 Å². The zero-order valence-electron chi connectivity index (χ0n) is 14.4. The van der Waals surface area contributed by atoms with Crippen molar-refractivity contribution in [3.05, 3.63) is 42.5 Å². The largest absolute Gasteiger partial charge is 0.491 e. The summed E-state index contributed by atoms with van der Waals surface area (Å²) in [6.07, 6.45) is 2.20. The molecule has 24 heavy (non-hydrogen) atoms. The first-order chi connectivity index (χ1) is 10.7. The van der Waals surface area contributed by atoms with Gasteiger partial charge in [-0.05, 0) is 24.6 Å². The Kier molecular flexibility index (Phi) is 12.2. The molecule has 0 amide bonds. The molecule has 0 spiro atoms. The number of hydrogen-bond acceptors (Lipinski definition) is 4. The molecule has 1 aliphatic rings. The van der Waals surface area contributed by atoms with Crippen LogP contribution in [-0.4, -0.2) is 66.9 Å². The van der Waals surface area contributed by atoms with Gasteiger partial charge >= 0.3 is 0 Å². The van der Waals surface area contributed by atoms with E-state index < -0.39 is 6.10 Å². The molecule has 1 aromatic carbocycles. The maximum absolute atomic E-state index is 10.2. The molecule has 0 bridgehead atoms. The summed E-state index contributed by atoms with van der Waals surface area (Å²) in [5.41, 5.74) is 1.11. The molecule has 0 radical (unpaired) electrons. The zero-order valence-corrected chi connectivity index (χ0v) is 16.0. The van der Waals surface area contributed by atoms with Gasteiger partial charge < -0.3 is 14.7 Å². The first-order valence-corrected chi connectivity index (χ1v) is 8.17. The minimum atomic E-state index is -0.454. The summed E-state index contributed by atoms with van der Waals surface area (Å²) >= 11 is 0. The van der Waals surface area contributed by atoms with Gasteiger partial charge in [0.1, 0.15) is 18.5 Å². The fourth-order valence-corrected chi connectivity index (χ4v) is 2.79. The first kappa shape index (κ1) is 23.2. The molecule has 1 unspecified atom stereocenters. The van der Waals surface area contributed by atoms with Crippen LogP contribution in [0.5, 0.6) is 5.75 Å². The highest BCUT2D eigenvalue weighted by Gasteiger charge is 2.18. The van der Waals surface area contributed by atoms with Crippen LogP contribution in [0.15, 0.2) is 36.9 Å². The number of para-hydroxylation sites is 1. The first-order valence-electron chi connectivity index (χ1n) is 8.17. The van der Waals surface area contributed by atoms with Gasteiger partial charge in [-0.25, -0.2) is 0 Å². The third-order valence-corrected chi connectivity index (χ3v) is 4.15. The van der Waals surface area contributed by atoms with E-state index in [1.807, 2.05) is 30.3 Å². The molecule has 0 aliphatic carbocycles. The Morgan fingerprint density at radius 2 is 1.79 bits per heavy atom. The Morgan fingerprint density at radius 1 is 1.17 bits per heavy atom. The van der Waals surface area contributed by atoms with Gasteiger partial charge in [0, 0.05) is 32.7 Å². The summed E-state index contributed by atoms with van der Waals surface area (Å²) in [6, 6.07) is 7.94. The van der Waals surface area contributed by atoms with E-state index in [0.29, 0.717) is 13.2 Å². The Bertz CT molecular complexity index is 466. The maximum atomic E-state index is 10.2. The quantitative estimate of drug-likeness (QED) is 0.707. The topological polar surface area (TPSA) is 35.9 Å². The Morgan fingerprint density at radius 3 is 2.42 bits per heavy atom. The highest BCUT2D eigenvalue weighted by molar-refractivity contribution is 5.85. The smallest absolute Gasteiger partial charge is 0.122 e. The Labute approximate surface area is 158 Å². The van der Waals surface area contributed by atoms with Crippen molar-refractivity contribution in [3.63, 3.8) is 0 Å². The van der Waals surface area contributed by atoms with Crippen molar-refractivity contribution in [3.8, 4) is 5.75 Å². The molecule has 1 atom stereocenters. The third-order valence-electron chi connectivity index (χ3n) is 4.15. The number of aliphatic hydroxyl groups excluding tert-OH is 1. The number of halogens is 2. The maximum Gasteiger partial charge on any atom is 0.122 e. The lowest BCUT2D eigenvalue weighted by Crippen LogP contribution is -2.49. The number of nitrogens with zero attached hydrogens (tertiary/aromatic N) is 2. The highest BCUT2D eigenvalue weighted by Crippen LogP contribution is 2.19. The van der Waals surface area contributed by atoms with Gasteiger partial charge in [-0.3, -0.25) is 4.90 Å². The van der Waals surface area contributed by atoms with Gasteiger partial charge in [0.05, 0.1) is 0 Å². The van der Waals surface area contributed by atoms with Gasteiger partial charge in [-0.1, -0.05) is 31.2 Å². The SMILES string of the molecule is C=CCc1ccccc1OCC(O)CN1CCN(CC)CC1.Cl.Cl. The van der Waals surface area contributed by atoms with E-state index in [1.54, 1.807) is 0 Å². The van der Waals surface area contributed by atoms with E-state index in [0.717, 1.165) is 50.5 Å². The van der Waals surface area contributed by atoms with E-state index in [2.05, 4.69) is 23.3 Å². The van der Waals surface area contributed by atoms with Crippen molar-refractivity contribution in [1.82, 2.24) is 9.80 Å². The second-order valence-corrected chi connectivity index (χ2v) is 5.80. The van der Waals surface area contributed by atoms with Crippen molar-refractivity contribution in [2.75, 3.05) is 45.9 Å². The lowest BCUT2D eigenvalue weighted by atomic mass is 10.1. The fourth-order valence-electron chi connectivity index (χ4n) is 2.79. The van der Waals surface area contributed by atoms with Crippen LogP contribution in [0.25, 0.3) is 0 Å². The van der Waals surface area contributed by atoms with E-state index in [-0.39, 0.29) is 24.8 Å². The molecule has 1 fully saturated rings. The van der Waals surface area contributed by atoms with Crippen LogP contribution < -0.4 is 4.74 Å². The van der Waals surface area contributed by atoms with E-state index >= 15 is 0 Å². The lowest BCUT2D eigenvalue weighted by molar-refractivity contribution is 0.0469. The third kappa shape index (κ3) is 7.41. The van der Waals surface area contributed by atoms with Crippen LogP contribution in [0.4, 0.5) is 0 Å². The summed E-state index contributed by atoms with van der Waals surface area (Å²) < 4.78 is 5.80. The number of β-amino-alcohol motifs (C(OH)–C–C–N with tert-alkyl or cyclic N) is 1. The molecule has 6 heteroatoms. The summed E-state index contributed by atoms with van der Waals surface area (Å²) in [5, 5.41) is 10.2. The van der Waals surface area contributed by atoms with E-state index in [9.17, 15) is 5.11 Å². The number of aliphatic hydroxyl groups is 1. The van der Waals surface area contributed by atoms with Crippen LogP contribution in [0, 0.1) is 0 Å². The molecular weight excluding hydrogens is 347 g/mol. The molecule has 1 heterocycles. The fraction of sp³-hybridized carbons (Fsp3) is 0.556. The van der Waals surface area contributed by atoms with Crippen LogP contribution in [0.3, 0.4) is 0 Å². The van der Waals surface area contributed by atoms with E-state index in [4.69, 9.17) is 4.74 Å². The monoisotopic (exact) mass is 376 g/mol. The van der Waals surface area contributed by atoms with Gasteiger partial charge in [0.15, 0.2) is 0 Å². The number of benzene rings is 1. The van der Waals surface area contributed by atoms with Gasteiger partial charge in [0.2, 0.25) is 0 Å². The molecule has 138 valence electrons. The average Bonchev–Trinajstić information content (AvgIpc) is 2.55. The summed E-state index contributed by atoms with van der Waals surface area (Å²) in [7, 11) is 0. The van der Waals surface area contributed by atoms with Gasteiger partial charge in [0.25, 0.3) is 0 Å². The van der Waals surface area contributed by atoms with Crippen molar-refractivity contribution < 1.29 is 9.84 Å². The molecule has 0 saturated carbocycles. The van der Waals surface area contributed by atoms with Crippen LogP contribution in [0.2, 0.25) is 0 Å². The number of hydrogen-bond donors (Lipinski definition) is 1. The normalized spacial score (nSPS) is 16.6. The molecule has 1 aliphatic heterocycles. The molecule has 4 nitrogen and oxygen atoms in total. The molecule has 2 rings (SSSR count). The minimum Gasteiger partial charge on any atom is -0.491 e. The van der Waals surface area contributed by atoms with Gasteiger partial charge in [-0.2, -0.15) is 0 Å². The Hall–Kier alpha value is -0.780. The molecule has 1 N–H and O–H groups in total.